The van der Waals surface area contributed by atoms with Gasteiger partial charge in [0.05, 0.1) is 10.2 Å². The monoisotopic (exact) mass is 362 g/mol. The van der Waals surface area contributed by atoms with Gasteiger partial charge in [0, 0.05) is 19.2 Å². The highest BCUT2D eigenvalue weighted by atomic mass is 32.1. The molecule has 0 aliphatic heterocycles. The van der Waals surface area contributed by atoms with Crippen LogP contribution in [0.2, 0.25) is 0 Å². The van der Waals surface area contributed by atoms with Crippen LogP contribution in [0, 0.1) is 11.4 Å². The first kappa shape index (κ1) is 19.6. The minimum absolute atomic E-state index is 0.0655. The van der Waals surface area contributed by atoms with Gasteiger partial charge < -0.3 is 9.67 Å². The number of nitrogens with one attached hydrogen (secondary N) is 1. The molecule has 5 nitrogen and oxygen atoms in total. The van der Waals surface area contributed by atoms with E-state index < -0.39 is 0 Å². The van der Waals surface area contributed by atoms with Gasteiger partial charge in [-0.1, -0.05) is 57.8 Å². The van der Waals surface area contributed by atoms with Gasteiger partial charge >= 0.3 is 0 Å². The summed E-state index contributed by atoms with van der Waals surface area (Å²) in [6.07, 6.45) is 7.04. The molecule has 6 heteroatoms. The lowest BCUT2D eigenvalue weighted by molar-refractivity contribution is 0.391. The van der Waals surface area contributed by atoms with Crippen molar-refractivity contribution in [1.82, 2.24) is 4.57 Å². The summed E-state index contributed by atoms with van der Waals surface area (Å²) in [4.78, 5) is 5.82. The second kappa shape index (κ2) is 9.70. The molecule has 2 rings (SSSR count). The van der Waals surface area contributed by atoms with Gasteiger partial charge in [0.1, 0.15) is 11.4 Å². The molecule has 1 unspecified atom stereocenters. The maximum absolute atomic E-state index is 10.1. The minimum Gasteiger partial charge on any atom is -0.506 e. The highest BCUT2D eigenvalue weighted by Crippen LogP contribution is 2.33. The molecule has 0 amide bonds. The van der Waals surface area contributed by atoms with Gasteiger partial charge in [-0.3, -0.25) is 4.99 Å². The summed E-state index contributed by atoms with van der Waals surface area (Å²) in [6, 6.07) is 3.54. The van der Waals surface area contributed by atoms with Crippen LogP contribution in [0.1, 0.15) is 59.3 Å². The van der Waals surface area contributed by atoms with E-state index >= 15 is 0 Å². The number of benzene rings is 1. The molecule has 25 heavy (non-hydrogen) atoms. The predicted octanol–water partition coefficient (Wildman–Crippen LogP) is 5.99. The van der Waals surface area contributed by atoms with Gasteiger partial charge in [-0.05, 0) is 24.8 Å². The zero-order chi connectivity index (χ0) is 18.2. The molecule has 1 atom stereocenters. The number of nitrogens with zero attached hydrogens (tertiary/aromatic N) is 3. The molecule has 0 fully saturated rings. The summed E-state index contributed by atoms with van der Waals surface area (Å²) < 4.78 is 3.29. The Bertz CT molecular complexity index is 763. The number of phenols is 1. The third kappa shape index (κ3) is 4.91. The van der Waals surface area contributed by atoms with Gasteiger partial charge in [0.25, 0.3) is 0 Å². The summed E-state index contributed by atoms with van der Waals surface area (Å²) in [6.45, 7) is 8.41. The lowest BCUT2D eigenvalue weighted by Gasteiger charge is -2.16. The Morgan fingerprint density at radius 2 is 1.96 bits per heavy atom. The average Bonchev–Trinajstić information content (AvgIpc) is 2.94. The lowest BCUT2D eigenvalue weighted by atomic mass is 9.99. The molecule has 1 heterocycles. The van der Waals surface area contributed by atoms with Crippen LogP contribution in [-0.4, -0.2) is 16.2 Å². The van der Waals surface area contributed by atoms with E-state index in [1.54, 1.807) is 23.5 Å². The van der Waals surface area contributed by atoms with Crippen molar-refractivity contribution in [2.75, 3.05) is 6.54 Å². The highest BCUT2D eigenvalue weighted by Gasteiger charge is 2.14. The largest absolute Gasteiger partial charge is 0.506 e. The SMILES string of the molecule is CCCCN=c1sc2cc(N=N)c(O)cc2n1CC(CC)CCCC. The number of phenolic OH excluding ortho intramolecular Hbond substituents is 1. The molecule has 1 aromatic carbocycles. The van der Waals surface area contributed by atoms with Crippen LogP contribution in [0.15, 0.2) is 22.2 Å². The maximum Gasteiger partial charge on any atom is 0.185 e. The van der Waals surface area contributed by atoms with Crippen molar-refractivity contribution in [2.24, 2.45) is 16.0 Å². The van der Waals surface area contributed by atoms with Crippen molar-refractivity contribution in [3.63, 3.8) is 0 Å². The van der Waals surface area contributed by atoms with Crippen molar-refractivity contribution in [1.29, 1.82) is 5.53 Å². The molecular weight excluding hydrogens is 332 g/mol. The first-order valence-electron chi connectivity index (χ1n) is 9.38. The van der Waals surface area contributed by atoms with E-state index in [0.717, 1.165) is 47.4 Å². The quantitative estimate of drug-likeness (QED) is 0.395. The highest BCUT2D eigenvalue weighted by molar-refractivity contribution is 7.16. The Morgan fingerprint density at radius 1 is 1.20 bits per heavy atom. The molecular formula is C19H30N4OS. The molecule has 0 spiro atoms. The molecule has 0 bridgehead atoms. The van der Waals surface area contributed by atoms with E-state index in [-0.39, 0.29) is 5.75 Å². The third-order valence-corrected chi connectivity index (χ3v) is 5.72. The molecule has 0 saturated carbocycles. The number of rotatable bonds is 10. The number of unbranched alkanes of at least 4 members (excludes halogenated alkanes) is 2. The van der Waals surface area contributed by atoms with E-state index in [0.29, 0.717) is 11.6 Å². The van der Waals surface area contributed by atoms with Crippen LogP contribution in [0.5, 0.6) is 5.75 Å². The Morgan fingerprint density at radius 3 is 2.60 bits per heavy atom. The van der Waals surface area contributed by atoms with E-state index in [4.69, 9.17) is 10.5 Å². The van der Waals surface area contributed by atoms with Crippen LogP contribution in [0.3, 0.4) is 0 Å². The smallest absolute Gasteiger partial charge is 0.185 e. The Balaban J connectivity index is 2.48. The van der Waals surface area contributed by atoms with Crippen LogP contribution >= 0.6 is 11.3 Å². The van der Waals surface area contributed by atoms with Gasteiger partial charge in [-0.15, -0.1) is 0 Å². The van der Waals surface area contributed by atoms with E-state index in [1.807, 2.05) is 0 Å². The fourth-order valence-electron chi connectivity index (χ4n) is 2.99. The van der Waals surface area contributed by atoms with Crippen LogP contribution in [0.4, 0.5) is 5.69 Å². The fourth-order valence-corrected chi connectivity index (χ4v) is 4.07. The average molecular weight is 363 g/mol. The third-order valence-electron chi connectivity index (χ3n) is 4.64. The van der Waals surface area contributed by atoms with Crippen molar-refractivity contribution in [2.45, 2.75) is 65.8 Å². The zero-order valence-corrected chi connectivity index (χ0v) is 16.4. The lowest BCUT2D eigenvalue weighted by Crippen LogP contribution is -2.20. The fraction of sp³-hybridized carbons (Fsp3) is 0.632. The van der Waals surface area contributed by atoms with Gasteiger partial charge in [-0.2, -0.15) is 5.11 Å². The molecule has 0 aliphatic carbocycles. The standard InChI is InChI=1S/C19H30N4OS/c1-4-7-9-14(6-3)13-23-16-12-17(24)15(22-20)11-18(16)25-19(23)21-10-8-5-2/h11-12,14,20,24H,4-10,13H2,1-3H3. The first-order valence-corrected chi connectivity index (χ1v) is 10.2. The molecule has 1 aromatic heterocycles. The predicted molar refractivity (Wildman–Crippen MR) is 105 cm³/mol. The van der Waals surface area contributed by atoms with E-state index in [2.05, 4.69) is 30.5 Å². The number of hydrogen-bond acceptors (Lipinski definition) is 5. The molecule has 138 valence electrons. The van der Waals surface area contributed by atoms with Gasteiger partial charge in [0.15, 0.2) is 4.80 Å². The molecule has 2 N–H and O–H groups in total. The topological polar surface area (TPSA) is 73.7 Å². The Labute approximate surface area is 153 Å². The molecule has 0 aliphatic rings. The van der Waals surface area contributed by atoms with E-state index in [1.165, 1.54) is 19.3 Å². The maximum atomic E-state index is 10.1. The number of aromatic nitrogens is 1. The normalized spacial score (nSPS) is 13.5. The Hall–Kier alpha value is -1.69. The van der Waals surface area contributed by atoms with Crippen LogP contribution in [0.25, 0.3) is 10.2 Å². The molecule has 2 aromatic rings. The first-order chi connectivity index (χ1) is 12.1. The summed E-state index contributed by atoms with van der Waals surface area (Å²) >= 11 is 1.63. The zero-order valence-electron chi connectivity index (χ0n) is 15.6. The number of aromatic hydroxyl groups is 1. The van der Waals surface area contributed by atoms with Gasteiger partial charge in [0.2, 0.25) is 0 Å². The molecule has 0 radical (unpaired) electrons. The summed E-state index contributed by atoms with van der Waals surface area (Å²) in [5.41, 5.74) is 8.53. The minimum atomic E-state index is 0.0655. The second-order valence-electron chi connectivity index (χ2n) is 6.57. The van der Waals surface area contributed by atoms with Crippen LogP contribution < -0.4 is 4.80 Å². The van der Waals surface area contributed by atoms with Gasteiger partial charge in [-0.25, -0.2) is 5.53 Å². The summed E-state index contributed by atoms with van der Waals surface area (Å²) in [5, 5.41) is 13.6. The van der Waals surface area contributed by atoms with Crippen molar-refractivity contribution in [3.8, 4) is 5.75 Å². The second-order valence-corrected chi connectivity index (χ2v) is 7.58. The van der Waals surface area contributed by atoms with Crippen molar-refractivity contribution in [3.05, 3.63) is 16.9 Å². The van der Waals surface area contributed by atoms with Crippen molar-refractivity contribution >= 4 is 27.2 Å². The number of hydrogen-bond donors (Lipinski definition) is 2. The summed E-state index contributed by atoms with van der Waals surface area (Å²) in [5.74, 6) is 0.682. The number of thiazole rings is 1. The summed E-state index contributed by atoms with van der Waals surface area (Å²) in [7, 11) is 0. The Kier molecular flexibility index (Phi) is 7.62. The number of fused-ring (bicyclic) bond motifs is 1. The molecule has 0 saturated heterocycles. The van der Waals surface area contributed by atoms with Crippen LogP contribution in [-0.2, 0) is 6.54 Å². The van der Waals surface area contributed by atoms with E-state index in [9.17, 15) is 5.11 Å². The van der Waals surface area contributed by atoms with Crippen molar-refractivity contribution < 1.29 is 5.11 Å².